The van der Waals surface area contributed by atoms with Crippen molar-refractivity contribution < 1.29 is 15.3 Å². The van der Waals surface area contributed by atoms with Crippen molar-refractivity contribution >= 4 is 11.8 Å². The van der Waals surface area contributed by atoms with Crippen LogP contribution in [0.3, 0.4) is 0 Å². The van der Waals surface area contributed by atoms with Gasteiger partial charge in [-0.25, -0.2) is 4.68 Å². The third-order valence-electron chi connectivity index (χ3n) is 3.83. The summed E-state index contributed by atoms with van der Waals surface area (Å²) in [5, 5.41) is 41.6. The minimum Gasteiger partial charge on any atom is -0.395 e. The minimum absolute atomic E-state index is 0.162. The van der Waals surface area contributed by atoms with Crippen molar-refractivity contribution in [3.8, 4) is 0 Å². The highest BCUT2D eigenvalue weighted by Crippen LogP contribution is 2.30. The highest BCUT2D eigenvalue weighted by Gasteiger charge is 2.42. The number of thioether (sulfide) groups is 1. The number of likely N-dealkylation sites (tertiary alicyclic amines) is 1. The summed E-state index contributed by atoms with van der Waals surface area (Å²) in [6, 6.07) is -0.416. The van der Waals surface area contributed by atoms with E-state index in [0.29, 0.717) is 11.7 Å². The van der Waals surface area contributed by atoms with E-state index in [2.05, 4.69) is 22.4 Å². The predicted molar refractivity (Wildman–Crippen MR) is 77.8 cm³/mol. The van der Waals surface area contributed by atoms with Crippen LogP contribution in [0, 0.1) is 0 Å². The van der Waals surface area contributed by atoms with E-state index in [1.54, 1.807) is 7.05 Å². The number of piperidine rings is 1. The maximum absolute atomic E-state index is 10.3. The van der Waals surface area contributed by atoms with E-state index in [1.807, 2.05) is 4.90 Å². The van der Waals surface area contributed by atoms with Gasteiger partial charge in [-0.1, -0.05) is 25.1 Å². The predicted octanol–water partition coefficient (Wildman–Crippen LogP) is -1.13. The first-order valence-corrected chi connectivity index (χ1v) is 8.06. The molecule has 0 amide bonds. The van der Waals surface area contributed by atoms with Crippen molar-refractivity contribution in [3.05, 3.63) is 0 Å². The quantitative estimate of drug-likeness (QED) is 0.605. The molecule has 2 rings (SSSR count). The van der Waals surface area contributed by atoms with Gasteiger partial charge in [0.1, 0.15) is 0 Å². The number of rotatable bonds is 6. The molecule has 0 aromatic carbocycles. The summed E-state index contributed by atoms with van der Waals surface area (Å²) in [5.41, 5.74) is 0. The van der Waals surface area contributed by atoms with Gasteiger partial charge in [-0.05, 0) is 23.4 Å². The average Bonchev–Trinajstić information content (AvgIpc) is 2.87. The van der Waals surface area contributed by atoms with Crippen LogP contribution in [0.5, 0.6) is 0 Å². The molecular formula is C12H23N5O3S. The molecule has 0 spiro atoms. The van der Waals surface area contributed by atoms with Crippen LogP contribution in [0.4, 0.5) is 0 Å². The molecule has 0 saturated carbocycles. The van der Waals surface area contributed by atoms with Crippen molar-refractivity contribution in [1.82, 2.24) is 25.1 Å². The Hall–Kier alpha value is -0.740. The van der Waals surface area contributed by atoms with Gasteiger partial charge in [0.05, 0.1) is 30.1 Å². The van der Waals surface area contributed by atoms with Gasteiger partial charge in [0.25, 0.3) is 0 Å². The Morgan fingerprint density at radius 2 is 2.10 bits per heavy atom. The van der Waals surface area contributed by atoms with E-state index in [1.165, 1.54) is 16.4 Å². The minimum atomic E-state index is -0.973. The number of tetrazole rings is 1. The first-order valence-electron chi connectivity index (χ1n) is 7.18. The van der Waals surface area contributed by atoms with Gasteiger partial charge in [0.2, 0.25) is 5.16 Å². The fraction of sp³-hybridized carbons (Fsp3) is 0.917. The summed E-state index contributed by atoms with van der Waals surface area (Å²) >= 11 is 1.35. The van der Waals surface area contributed by atoms with E-state index in [-0.39, 0.29) is 11.9 Å². The smallest absolute Gasteiger partial charge is 0.209 e. The van der Waals surface area contributed by atoms with E-state index in [4.69, 9.17) is 0 Å². The van der Waals surface area contributed by atoms with Crippen molar-refractivity contribution in [3.63, 3.8) is 0 Å². The van der Waals surface area contributed by atoms with Gasteiger partial charge in [-0.15, -0.1) is 5.10 Å². The topological polar surface area (TPSA) is 108 Å². The lowest BCUT2D eigenvalue weighted by Crippen LogP contribution is -2.61. The van der Waals surface area contributed by atoms with Gasteiger partial charge >= 0.3 is 0 Å². The number of hydrogen-bond donors (Lipinski definition) is 3. The van der Waals surface area contributed by atoms with Crippen LogP contribution in [-0.4, -0.2) is 83.6 Å². The fourth-order valence-corrected chi connectivity index (χ4v) is 3.65. The van der Waals surface area contributed by atoms with Crippen LogP contribution in [0.1, 0.15) is 19.8 Å². The number of aliphatic hydroxyl groups excluding tert-OH is 3. The summed E-state index contributed by atoms with van der Waals surface area (Å²) in [6.07, 6.45) is 0.140. The summed E-state index contributed by atoms with van der Waals surface area (Å²) < 4.78 is 1.54. The second kappa shape index (κ2) is 7.50. The molecule has 0 radical (unpaired) electrons. The number of aliphatic hydroxyl groups is 3. The molecule has 0 bridgehead atoms. The number of aromatic nitrogens is 4. The molecule has 9 heteroatoms. The van der Waals surface area contributed by atoms with Crippen molar-refractivity contribution in [2.24, 2.45) is 7.05 Å². The zero-order chi connectivity index (χ0) is 15.4. The molecule has 4 atom stereocenters. The molecule has 1 fully saturated rings. The first kappa shape index (κ1) is 16.6. The highest BCUT2D eigenvalue weighted by molar-refractivity contribution is 7.99. The molecule has 1 aliphatic rings. The van der Waals surface area contributed by atoms with Gasteiger partial charge in [0, 0.05) is 13.6 Å². The Balaban J connectivity index is 2.08. The molecule has 0 aliphatic carbocycles. The zero-order valence-electron chi connectivity index (χ0n) is 12.3. The third-order valence-corrected chi connectivity index (χ3v) is 5.12. The lowest BCUT2D eigenvalue weighted by molar-refractivity contribution is -0.0858. The molecule has 3 N–H and O–H groups in total. The standard InChI is InChI=1S/C12H23N5O3S/c1-3-4-5-17-6-9(11(20)10(19)8(17)7-18)21-12-13-14-15-16(12)2/h8-11,18-20H,3-7H2,1-2H3/t8-,9+,10-,11-/m1/s1. The number of nitrogens with zero attached hydrogens (tertiary/aromatic N) is 5. The Labute approximate surface area is 128 Å². The summed E-state index contributed by atoms with van der Waals surface area (Å²) in [6.45, 7) is 3.31. The fourth-order valence-electron chi connectivity index (χ4n) is 2.54. The molecule has 0 unspecified atom stereocenters. The molecule has 1 saturated heterocycles. The van der Waals surface area contributed by atoms with E-state index >= 15 is 0 Å². The average molecular weight is 317 g/mol. The Bertz CT molecular complexity index is 446. The Kier molecular flexibility index (Phi) is 5.94. The van der Waals surface area contributed by atoms with Crippen LogP contribution < -0.4 is 0 Å². The van der Waals surface area contributed by atoms with Gasteiger partial charge in [-0.3, -0.25) is 4.90 Å². The lowest BCUT2D eigenvalue weighted by atomic mass is 9.95. The SMILES string of the molecule is CCCCN1C[C@H](Sc2nnnn2C)[C@@H](O)[C@H](O)[C@H]1CO. The largest absolute Gasteiger partial charge is 0.395 e. The van der Waals surface area contributed by atoms with E-state index < -0.39 is 18.2 Å². The number of hydrogen-bond acceptors (Lipinski definition) is 8. The maximum atomic E-state index is 10.3. The Morgan fingerprint density at radius 3 is 2.67 bits per heavy atom. The van der Waals surface area contributed by atoms with Crippen LogP contribution >= 0.6 is 11.8 Å². The van der Waals surface area contributed by atoms with Gasteiger partial charge in [0.15, 0.2) is 0 Å². The lowest BCUT2D eigenvalue weighted by Gasteiger charge is -2.44. The molecule has 120 valence electrons. The zero-order valence-corrected chi connectivity index (χ0v) is 13.1. The molecule has 1 aliphatic heterocycles. The molecule has 2 heterocycles. The Morgan fingerprint density at radius 1 is 1.33 bits per heavy atom. The van der Waals surface area contributed by atoms with Gasteiger partial charge in [-0.2, -0.15) is 0 Å². The summed E-state index contributed by atoms with van der Waals surface area (Å²) in [7, 11) is 1.74. The summed E-state index contributed by atoms with van der Waals surface area (Å²) in [5.74, 6) is 0. The van der Waals surface area contributed by atoms with Crippen molar-refractivity contribution in [2.75, 3.05) is 19.7 Å². The molecule has 1 aromatic rings. The van der Waals surface area contributed by atoms with Crippen LogP contribution in [-0.2, 0) is 7.05 Å². The third kappa shape index (κ3) is 3.72. The molecule has 8 nitrogen and oxygen atoms in total. The maximum Gasteiger partial charge on any atom is 0.209 e. The van der Waals surface area contributed by atoms with E-state index in [0.717, 1.165) is 19.4 Å². The second-order valence-electron chi connectivity index (χ2n) is 5.32. The number of unbranched alkanes of at least 4 members (excludes halogenated alkanes) is 1. The molecule has 1 aromatic heterocycles. The van der Waals surface area contributed by atoms with Crippen LogP contribution in [0.15, 0.2) is 5.16 Å². The second-order valence-corrected chi connectivity index (χ2v) is 6.53. The van der Waals surface area contributed by atoms with Gasteiger partial charge < -0.3 is 15.3 Å². The first-order chi connectivity index (χ1) is 10.1. The van der Waals surface area contributed by atoms with Crippen molar-refractivity contribution in [2.45, 2.75) is 48.4 Å². The molecular weight excluding hydrogens is 294 g/mol. The molecule has 21 heavy (non-hydrogen) atoms. The monoisotopic (exact) mass is 317 g/mol. The van der Waals surface area contributed by atoms with Crippen molar-refractivity contribution in [1.29, 1.82) is 0 Å². The van der Waals surface area contributed by atoms with E-state index in [9.17, 15) is 15.3 Å². The highest BCUT2D eigenvalue weighted by atomic mass is 32.2. The normalized spacial score (nSPS) is 30.7. The van der Waals surface area contributed by atoms with Crippen LogP contribution in [0.25, 0.3) is 0 Å². The number of aryl methyl sites for hydroxylation is 1. The van der Waals surface area contributed by atoms with Crippen LogP contribution in [0.2, 0.25) is 0 Å². The summed E-state index contributed by atoms with van der Waals surface area (Å²) in [4.78, 5) is 2.04.